The van der Waals surface area contributed by atoms with Gasteiger partial charge in [-0.25, -0.2) is 4.79 Å². The van der Waals surface area contributed by atoms with Gasteiger partial charge in [0, 0.05) is 37.7 Å². The Morgan fingerprint density at radius 1 is 1.00 bits per heavy atom. The molecule has 1 saturated carbocycles. The van der Waals surface area contributed by atoms with Gasteiger partial charge in [-0.15, -0.1) is 21.5 Å². The first-order valence-electron chi connectivity index (χ1n) is 13.3. The molecule has 2 aromatic carbocycles. The molecule has 0 spiro atoms. The molecule has 2 N–H and O–H groups in total. The number of halogens is 2. The fourth-order valence-electron chi connectivity index (χ4n) is 5.31. The second-order valence-electron chi connectivity index (χ2n) is 9.84. The first-order valence-corrected chi connectivity index (χ1v) is 14.8. The molecular weight excluding hydrogens is 551 g/mol. The van der Waals surface area contributed by atoms with E-state index in [1.807, 2.05) is 24.3 Å². The van der Waals surface area contributed by atoms with Crippen molar-refractivity contribution >= 4 is 52.0 Å². The van der Waals surface area contributed by atoms with E-state index in [2.05, 4.69) is 33.3 Å². The average Bonchev–Trinajstić information content (AvgIpc) is 3.55. The van der Waals surface area contributed by atoms with Gasteiger partial charge in [0.05, 0.1) is 5.71 Å². The summed E-state index contributed by atoms with van der Waals surface area (Å²) < 4.78 is 2.15. The number of fused-ring (bicyclic) bond motifs is 3. The highest BCUT2D eigenvalue weighted by Crippen LogP contribution is 2.40. The number of carbonyl (C=O) groups excluding carboxylic acids is 1. The number of aliphatic imine (C=N–C) groups is 1. The van der Waals surface area contributed by atoms with Crippen LogP contribution in [-0.4, -0.2) is 26.5 Å². The van der Waals surface area contributed by atoms with Crippen LogP contribution in [-0.2, 0) is 6.42 Å². The molecule has 1 fully saturated rings. The predicted octanol–water partition coefficient (Wildman–Crippen LogP) is 7.92. The van der Waals surface area contributed by atoms with Crippen LogP contribution in [0.3, 0.4) is 0 Å². The van der Waals surface area contributed by atoms with Crippen molar-refractivity contribution < 1.29 is 4.79 Å². The van der Waals surface area contributed by atoms with Gasteiger partial charge >= 0.3 is 6.03 Å². The molecule has 0 bridgehead atoms. The van der Waals surface area contributed by atoms with Gasteiger partial charge in [-0.1, -0.05) is 67.6 Å². The van der Waals surface area contributed by atoms with E-state index in [9.17, 15) is 4.79 Å². The number of hydrogen-bond donors (Lipinski definition) is 2. The first kappa shape index (κ1) is 26.0. The van der Waals surface area contributed by atoms with E-state index in [0.29, 0.717) is 27.5 Å². The summed E-state index contributed by atoms with van der Waals surface area (Å²) >= 11 is 14.4. The van der Waals surface area contributed by atoms with Gasteiger partial charge in [0.15, 0.2) is 12.0 Å². The molecule has 1 aliphatic carbocycles. The molecule has 7 nitrogen and oxygen atoms in total. The Morgan fingerprint density at radius 3 is 2.49 bits per heavy atom. The topological polar surface area (TPSA) is 84.2 Å². The van der Waals surface area contributed by atoms with E-state index >= 15 is 0 Å². The molecule has 200 valence electrons. The third kappa shape index (κ3) is 5.21. The fraction of sp³-hybridized carbons (Fsp3) is 0.310. The summed E-state index contributed by atoms with van der Waals surface area (Å²) in [5.74, 6) is 1.84. The van der Waals surface area contributed by atoms with E-state index in [1.165, 1.54) is 24.1 Å². The largest absolute Gasteiger partial charge is 0.321 e. The van der Waals surface area contributed by atoms with Crippen LogP contribution in [0.1, 0.15) is 78.8 Å². The van der Waals surface area contributed by atoms with Crippen LogP contribution in [0, 0.1) is 0 Å². The number of aryl methyl sites for hydroxylation is 1. The van der Waals surface area contributed by atoms with Gasteiger partial charge in [0.1, 0.15) is 10.8 Å². The van der Waals surface area contributed by atoms with Crippen molar-refractivity contribution in [1.82, 2.24) is 20.1 Å². The summed E-state index contributed by atoms with van der Waals surface area (Å²) in [6.45, 7) is 2.15. The number of thiophene rings is 1. The zero-order valence-corrected chi connectivity index (χ0v) is 23.8. The smallest absolute Gasteiger partial charge is 0.309 e. The highest BCUT2D eigenvalue weighted by molar-refractivity contribution is 7.15. The second-order valence-corrected chi connectivity index (χ2v) is 11.8. The van der Waals surface area contributed by atoms with E-state index in [4.69, 9.17) is 33.3 Å². The Balaban J connectivity index is 1.48. The molecule has 2 aromatic heterocycles. The standard InChI is InChI=1S/C29H28Cl2N6OS/c1-2-20-16-22-24(21-10-6-7-11-23(21)31)33-25(34-29(38)32-19-14-12-18(30)13-15-19)27-36-35-26(37(27)28(22)39-20)17-8-4-3-5-9-17/h6-7,10-17,25H,2-5,8-9H2,1H3,(H2,32,34,38). The Hall–Kier alpha value is -3.20. The molecule has 6 rings (SSSR count). The zero-order chi connectivity index (χ0) is 26.9. The molecule has 0 saturated heterocycles. The number of nitrogens with zero attached hydrogens (tertiary/aromatic N) is 4. The maximum Gasteiger partial charge on any atom is 0.321 e. The summed E-state index contributed by atoms with van der Waals surface area (Å²) in [6, 6.07) is 16.4. The van der Waals surface area contributed by atoms with Gasteiger partial charge in [-0.2, -0.15) is 0 Å². The number of carbonyl (C=O) groups is 1. The number of urea groups is 1. The van der Waals surface area contributed by atoms with Gasteiger partial charge in [0.2, 0.25) is 0 Å². The first-order chi connectivity index (χ1) is 19.0. The predicted molar refractivity (Wildman–Crippen MR) is 158 cm³/mol. The number of anilines is 1. The molecule has 10 heteroatoms. The van der Waals surface area contributed by atoms with Crippen molar-refractivity contribution in [2.24, 2.45) is 4.99 Å². The zero-order valence-electron chi connectivity index (χ0n) is 21.5. The molecule has 3 heterocycles. The van der Waals surface area contributed by atoms with Crippen molar-refractivity contribution in [2.45, 2.75) is 57.5 Å². The Morgan fingerprint density at radius 2 is 1.74 bits per heavy atom. The molecule has 2 aliphatic rings. The Kier molecular flexibility index (Phi) is 7.42. The lowest BCUT2D eigenvalue weighted by molar-refractivity contribution is 0.248. The lowest BCUT2D eigenvalue weighted by atomic mass is 9.88. The highest BCUT2D eigenvalue weighted by atomic mass is 35.5. The van der Waals surface area contributed by atoms with Crippen molar-refractivity contribution in [1.29, 1.82) is 0 Å². The highest BCUT2D eigenvalue weighted by Gasteiger charge is 2.34. The monoisotopic (exact) mass is 578 g/mol. The summed E-state index contributed by atoms with van der Waals surface area (Å²) in [6.07, 6.45) is 5.87. The van der Waals surface area contributed by atoms with E-state index in [0.717, 1.165) is 46.9 Å². The molecular formula is C29H28Cl2N6OS. The number of hydrogen-bond acceptors (Lipinski definition) is 5. The van der Waals surface area contributed by atoms with Crippen LogP contribution in [0.4, 0.5) is 10.5 Å². The lowest BCUT2D eigenvalue weighted by Gasteiger charge is -2.22. The normalized spacial score (nSPS) is 17.1. The third-order valence-electron chi connectivity index (χ3n) is 7.26. The number of benzene rings is 2. The van der Waals surface area contributed by atoms with E-state index < -0.39 is 12.2 Å². The number of aromatic nitrogens is 3. The van der Waals surface area contributed by atoms with Crippen LogP contribution in [0.25, 0.3) is 5.00 Å². The number of rotatable bonds is 5. The summed E-state index contributed by atoms with van der Waals surface area (Å²) in [5.41, 5.74) is 3.13. The minimum Gasteiger partial charge on any atom is -0.309 e. The maximum atomic E-state index is 13.2. The van der Waals surface area contributed by atoms with Crippen molar-refractivity contribution in [3.63, 3.8) is 0 Å². The van der Waals surface area contributed by atoms with Crippen molar-refractivity contribution in [3.8, 4) is 5.00 Å². The molecule has 39 heavy (non-hydrogen) atoms. The second kappa shape index (κ2) is 11.1. The fourth-order valence-corrected chi connectivity index (χ4v) is 6.77. The van der Waals surface area contributed by atoms with Gasteiger partial charge in [0.25, 0.3) is 0 Å². The molecule has 1 atom stereocenters. The van der Waals surface area contributed by atoms with Crippen LogP contribution in [0.2, 0.25) is 10.0 Å². The lowest BCUT2D eigenvalue weighted by Crippen LogP contribution is -2.33. The Bertz CT molecular complexity index is 1540. The number of nitrogens with one attached hydrogen (secondary N) is 2. The molecule has 1 unspecified atom stereocenters. The molecule has 4 aromatic rings. The quantitative estimate of drug-likeness (QED) is 0.252. The minimum atomic E-state index is -0.780. The number of amides is 2. The summed E-state index contributed by atoms with van der Waals surface area (Å²) in [7, 11) is 0. The van der Waals surface area contributed by atoms with Crippen LogP contribution < -0.4 is 10.6 Å². The molecule has 2 amide bonds. The van der Waals surface area contributed by atoms with Gasteiger partial charge in [-0.05, 0) is 55.7 Å². The van der Waals surface area contributed by atoms with Gasteiger partial charge < -0.3 is 10.6 Å². The molecule has 1 aliphatic heterocycles. The van der Waals surface area contributed by atoms with Crippen LogP contribution in [0.15, 0.2) is 59.6 Å². The Labute approximate surface area is 241 Å². The average molecular weight is 580 g/mol. The van der Waals surface area contributed by atoms with Crippen LogP contribution in [0.5, 0.6) is 0 Å². The summed E-state index contributed by atoms with van der Waals surface area (Å²) in [4.78, 5) is 19.6. The summed E-state index contributed by atoms with van der Waals surface area (Å²) in [5, 5.41) is 17.5. The SMILES string of the molecule is CCc1cc2c(s1)-n1c(C3CCCCC3)nnc1C(NC(=O)Nc1ccc(Cl)cc1)N=C2c1ccccc1Cl. The molecule has 0 radical (unpaired) electrons. The van der Waals surface area contributed by atoms with Crippen LogP contribution >= 0.6 is 34.5 Å². The van der Waals surface area contributed by atoms with E-state index in [1.54, 1.807) is 35.6 Å². The van der Waals surface area contributed by atoms with Crippen molar-refractivity contribution in [3.05, 3.63) is 92.3 Å². The van der Waals surface area contributed by atoms with E-state index in [-0.39, 0.29) is 0 Å². The maximum absolute atomic E-state index is 13.2. The minimum absolute atomic E-state index is 0.311. The third-order valence-corrected chi connectivity index (χ3v) is 9.10. The van der Waals surface area contributed by atoms with Crippen molar-refractivity contribution in [2.75, 3.05) is 5.32 Å². The van der Waals surface area contributed by atoms with Gasteiger partial charge in [-0.3, -0.25) is 9.56 Å².